The van der Waals surface area contributed by atoms with Crippen molar-refractivity contribution in [3.05, 3.63) is 48.0 Å². The van der Waals surface area contributed by atoms with Gasteiger partial charge in [-0.25, -0.2) is 9.78 Å². The standard InChI is InChI=1S/C16H17N3O4/c1-10-8-18-14(9-17-10)16(21)23-11(2)15(20)19-12-5-4-6-13(7-12)22-3/h4-9,11H,1-3H3,(H,19,20)/t11-/m1/s1. The SMILES string of the molecule is COc1cccc(NC(=O)[C@@H](C)OC(=O)c2cnc(C)cn2)c1. The summed E-state index contributed by atoms with van der Waals surface area (Å²) in [6.07, 6.45) is 1.79. The molecule has 0 aliphatic rings. The zero-order chi connectivity index (χ0) is 16.8. The van der Waals surface area contributed by atoms with Crippen molar-refractivity contribution in [3.8, 4) is 5.75 Å². The van der Waals surface area contributed by atoms with Crippen LogP contribution in [0, 0.1) is 6.92 Å². The molecule has 0 bridgehead atoms. The summed E-state index contributed by atoms with van der Waals surface area (Å²) in [6, 6.07) is 6.88. The molecule has 1 heterocycles. The molecule has 0 spiro atoms. The fraction of sp³-hybridized carbons (Fsp3) is 0.250. The van der Waals surface area contributed by atoms with Gasteiger partial charge in [-0.1, -0.05) is 6.07 Å². The fourth-order valence-corrected chi connectivity index (χ4v) is 1.72. The van der Waals surface area contributed by atoms with Gasteiger partial charge in [0.2, 0.25) is 0 Å². The minimum Gasteiger partial charge on any atom is -0.497 e. The molecule has 0 aliphatic carbocycles. The average molecular weight is 315 g/mol. The molecule has 120 valence electrons. The normalized spacial score (nSPS) is 11.4. The summed E-state index contributed by atoms with van der Waals surface area (Å²) in [6.45, 7) is 3.24. The summed E-state index contributed by atoms with van der Waals surface area (Å²) in [5.41, 5.74) is 1.29. The van der Waals surface area contributed by atoms with E-state index in [2.05, 4.69) is 15.3 Å². The topological polar surface area (TPSA) is 90.4 Å². The van der Waals surface area contributed by atoms with E-state index in [1.807, 2.05) is 0 Å². The van der Waals surface area contributed by atoms with Crippen molar-refractivity contribution in [1.29, 1.82) is 0 Å². The zero-order valence-corrected chi connectivity index (χ0v) is 13.1. The lowest BCUT2D eigenvalue weighted by atomic mass is 10.3. The van der Waals surface area contributed by atoms with Crippen molar-refractivity contribution < 1.29 is 19.1 Å². The quantitative estimate of drug-likeness (QED) is 0.848. The van der Waals surface area contributed by atoms with Crippen LogP contribution in [0.2, 0.25) is 0 Å². The number of anilines is 1. The number of nitrogens with one attached hydrogen (secondary N) is 1. The van der Waals surface area contributed by atoms with Crippen LogP contribution in [0.3, 0.4) is 0 Å². The van der Waals surface area contributed by atoms with Crippen molar-refractivity contribution >= 4 is 17.6 Å². The lowest BCUT2D eigenvalue weighted by molar-refractivity contribution is -0.123. The number of amides is 1. The second kappa shape index (κ2) is 7.35. The summed E-state index contributed by atoms with van der Waals surface area (Å²) in [5.74, 6) is -0.542. The van der Waals surface area contributed by atoms with Crippen LogP contribution in [-0.4, -0.2) is 35.1 Å². The summed E-state index contributed by atoms with van der Waals surface area (Å²) in [7, 11) is 1.54. The number of esters is 1. The molecular weight excluding hydrogens is 298 g/mol. The van der Waals surface area contributed by atoms with E-state index < -0.39 is 18.0 Å². The van der Waals surface area contributed by atoms with E-state index in [9.17, 15) is 9.59 Å². The molecule has 1 amide bonds. The van der Waals surface area contributed by atoms with Crippen LogP contribution in [0.5, 0.6) is 5.75 Å². The summed E-state index contributed by atoms with van der Waals surface area (Å²) < 4.78 is 10.2. The van der Waals surface area contributed by atoms with Gasteiger partial charge in [-0.2, -0.15) is 0 Å². The molecule has 7 nitrogen and oxygen atoms in total. The van der Waals surface area contributed by atoms with Crippen molar-refractivity contribution in [1.82, 2.24) is 9.97 Å². The Morgan fingerprint density at radius 1 is 1.22 bits per heavy atom. The van der Waals surface area contributed by atoms with Gasteiger partial charge in [-0.3, -0.25) is 9.78 Å². The maximum Gasteiger partial charge on any atom is 0.359 e. The van der Waals surface area contributed by atoms with Crippen molar-refractivity contribution in [2.75, 3.05) is 12.4 Å². The van der Waals surface area contributed by atoms with E-state index in [1.165, 1.54) is 26.4 Å². The van der Waals surface area contributed by atoms with Crippen LogP contribution in [0.1, 0.15) is 23.1 Å². The highest BCUT2D eigenvalue weighted by Crippen LogP contribution is 2.17. The first-order valence-corrected chi connectivity index (χ1v) is 6.94. The number of carbonyl (C=O) groups excluding carboxylic acids is 2. The Hall–Kier alpha value is -2.96. The second-order valence-electron chi connectivity index (χ2n) is 4.81. The van der Waals surface area contributed by atoms with Crippen molar-refractivity contribution in [2.45, 2.75) is 20.0 Å². The minimum absolute atomic E-state index is 0.0524. The van der Waals surface area contributed by atoms with E-state index in [4.69, 9.17) is 9.47 Å². The third-order valence-electron chi connectivity index (χ3n) is 2.98. The van der Waals surface area contributed by atoms with Crippen molar-refractivity contribution in [2.24, 2.45) is 0 Å². The Balaban J connectivity index is 1.96. The molecule has 1 aromatic carbocycles. The first-order valence-electron chi connectivity index (χ1n) is 6.94. The first-order chi connectivity index (χ1) is 11.0. The van der Waals surface area contributed by atoms with Gasteiger partial charge in [-0.05, 0) is 26.0 Å². The van der Waals surface area contributed by atoms with Crippen LogP contribution in [0.15, 0.2) is 36.7 Å². The number of rotatable bonds is 5. The van der Waals surface area contributed by atoms with Crippen LogP contribution in [-0.2, 0) is 9.53 Å². The molecule has 1 atom stereocenters. The van der Waals surface area contributed by atoms with E-state index in [0.29, 0.717) is 17.1 Å². The molecule has 0 unspecified atom stereocenters. The summed E-state index contributed by atoms with van der Waals surface area (Å²) >= 11 is 0. The molecule has 0 saturated heterocycles. The highest BCUT2D eigenvalue weighted by atomic mass is 16.5. The third-order valence-corrected chi connectivity index (χ3v) is 2.98. The number of nitrogens with zero attached hydrogens (tertiary/aromatic N) is 2. The monoisotopic (exact) mass is 315 g/mol. The third kappa shape index (κ3) is 4.50. The lowest BCUT2D eigenvalue weighted by Crippen LogP contribution is -2.30. The number of methoxy groups -OCH3 is 1. The number of aromatic nitrogens is 2. The van der Waals surface area contributed by atoms with Crippen LogP contribution in [0.4, 0.5) is 5.69 Å². The molecule has 1 N–H and O–H groups in total. The molecule has 2 aromatic rings. The summed E-state index contributed by atoms with van der Waals surface area (Å²) in [5, 5.41) is 2.65. The van der Waals surface area contributed by atoms with Gasteiger partial charge in [0.25, 0.3) is 5.91 Å². The molecule has 0 saturated carbocycles. The molecule has 2 rings (SSSR count). The van der Waals surface area contributed by atoms with Gasteiger partial charge >= 0.3 is 5.97 Å². The highest BCUT2D eigenvalue weighted by Gasteiger charge is 2.20. The Morgan fingerprint density at radius 3 is 2.65 bits per heavy atom. The molecule has 1 aromatic heterocycles. The Labute approximate surface area is 133 Å². The average Bonchev–Trinajstić information content (AvgIpc) is 2.55. The molecule has 0 aliphatic heterocycles. The molecular formula is C16H17N3O4. The Bertz CT molecular complexity index is 701. The first kappa shape index (κ1) is 16.4. The molecule has 0 radical (unpaired) electrons. The van der Waals surface area contributed by atoms with E-state index in [1.54, 1.807) is 31.2 Å². The Kier molecular flexibility index (Phi) is 5.24. The van der Waals surface area contributed by atoms with Crippen LogP contribution in [0.25, 0.3) is 0 Å². The maximum absolute atomic E-state index is 12.1. The van der Waals surface area contributed by atoms with Crippen LogP contribution >= 0.6 is 0 Å². The zero-order valence-electron chi connectivity index (χ0n) is 13.1. The predicted molar refractivity (Wildman–Crippen MR) is 83.3 cm³/mol. The lowest BCUT2D eigenvalue weighted by Gasteiger charge is -2.13. The Morgan fingerprint density at radius 2 is 2.00 bits per heavy atom. The van der Waals surface area contributed by atoms with E-state index >= 15 is 0 Å². The number of benzene rings is 1. The minimum atomic E-state index is -0.975. The number of hydrogen-bond donors (Lipinski definition) is 1. The predicted octanol–water partition coefficient (Wildman–Crippen LogP) is 1.98. The number of carbonyl (C=O) groups is 2. The van der Waals surface area contributed by atoms with Gasteiger partial charge in [0.15, 0.2) is 11.8 Å². The number of hydrogen-bond acceptors (Lipinski definition) is 6. The van der Waals surface area contributed by atoms with Crippen LogP contribution < -0.4 is 10.1 Å². The largest absolute Gasteiger partial charge is 0.497 e. The molecule has 23 heavy (non-hydrogen) atoms. The summed E-state index contributed by atoms with van der Waals surface area (Å²) in [4.78, 5) is 31.8. The van der Waals surface area contributed by atoms with E-state index in [0.717, 1.165) is 0 Å². The van der Waals surface area contributed by atoms with Gasteiger partial charge in [0.05, 0.1) is 19.0 Å². The van der Waals surface area contributed by atoms with Gasteiger partial charge in [-0.15, -0.1) is 0 Å². The van der Waals surface area contributed by atoms with Gasteiger partial charge < -0.3 is 14.8 Å². The van der Waals surface area contributed by atoms with Gasteiger partial charge in [0.1, 0.15) is 5.75 Å². The molecule has 0 fully saturated rings. The molecule has 7 heteroatoms. The van der Waals surface area contributed by atoms with Crippen molar-refractivity contribution in [3.63, 3.8) is 0 Å². The second-order valence-corrected chi connectivity index (χ2v) is 4.81. The highest BCUT2D eigenvalue weighted by molar-refractivity contribution is 5.96. The number of aryl methyl sites for hydroxylation is 1. The van der Waals surface area contributed by atoms with Gasteiger partial charge in [0, 0.05) is 18.0 Å². The van der Waals surface area contributed by atoms with E-state index in [-0.39, 0.29) is 5.69 Å². The maximum atomic E-state index is 12.1. The smallest absolute Gasteiger partial charge is 0.359 e. The number of ether oxygens (including phenoxy) is 2. The fourth-order valence-electron chi connectivity index (χ4n) is 1.72.